The van der Waals surface area contributed by atoms with Crippen LogP contribution < -0.4 is 11.1 Å². The Labute approximate surface area is 153 Å². The highest BCUT2D eigenvalue weighted by molar-refractivity contribution is 5.87. The van der Waals surface area contributed by atoms with E-state index in [1.54, 1.807) is 19.1 Å². The Morgan fingerprint density at radius 3 is 2.27 bits per heavy atom. The maximum atomic E-state index is 12.4. The molecule has 6 heteroatoms. The van der Waals surface area contributed by atoms with Crippen molar-refractivity contribution in [3.05, 3.63) is 65.7 Å². The van der Waals surface area contributed by atoms with E-state index in [4.69, 9.17) is 10.5 Å². The molecule has 0 aliphatic carbocycles. The van der Waals surface area contributed by atoms with Gasteiger partial charge in [-0.15, -0.1) is 0 Å². The van der Waals surface area contributed by atoms with Gasteiger partial charge in [0.1, 0.15) is 11.8 Å². The normalized spacial score (nSPS) is 12.8. The van der Waals surface area contributed by atoms with E-state index in [1.807, 2.05) is 30.3 Å². The zero-order valence-corrected chi connectivity index (χ0v) is 14.7. The molecule has 0 saturated heterocycles. The summed E-state index contributed by atoms with van der Waals surface area (Å²) in [5.74, 6) is -0.790. The van der Waals surface area contributed by atoms with Crippen LogP contribution in [0.25, 0.3) is 0 Å². The highest BCUT2D eigenvalue weighted by atomic mass is 16.5. The Kier molecular flexibility index (Phi) is 7.17. The van der Waals surface area contributed by atoms with Gasteiger partial charge in [-0.05, 0) is 36.6 Å². The average molecular weight is 356 g/mol. The fraction of sp³-hybridized carbons (Fsp3) is 0.300. The molecule has 4 N–H and O–H groups in total. The van der Waals surface area contributed by atoms with Crippen molar-refractivity contribution in [1.29, 1.82) is 0 Å². The van der Waals surface area contributed by atoms with Gasteiger partial charge in [0.05, 0.1) is 12.6 Å². The highest BCUT2D eigenvalue weighted by Crippen LogP contribution is 2.12. The molecule has 0 spiro atoms. The largest absolute Gasteiger partial charge is 0.508 e. The third-order valence-electron chi connectivity index (χ3n) is 3.90. The van der Waals surface area contributed by atoms with Crippen molar-refractivity contribution < 1.29 is 19.4 Å². The summed E-state index contributed by atoms with van der Waals surface area (Å²) < 4.78 is 5.06. The number of phenols is 1. The van der Waals surface area contributed by atoms with Crippen LogP contribution in [0.4, 0.5) is 0 Å². The van der Waals surface area contributed by atoms with Crippen LogP contribution in [-0.2, 0) is 27.2 Å². The van der Waals surface area contributed by atoms with Crippen LogP contribution in [0.1, 0.15) is 18.1 Å². The molecule has 0 radical (unpaired) electrons. The van der Waals surface area contributed by atoms with Gasteiger partial charge in [0.2, 0.25) is 5.91 Å². The molecule has 0 fully saturated rings. The second kappa shape index (κ2) is 9.58. The molecule has 2 rings (SSSR count). The quantitative estimate of drug-likeness (QED) is 0.623. The predicted octanol–water partition coefficient (Wildman–Crippen LogP) is 1.55. The molecule has 2 aromatic carbocycles. The third-order valence-corrected chi connectivity index (χ3v) is 3.90. The van der Waals surface area contributed by atoms with Gasteiger partial charge in [0.25, 0.3) is 0 Å². The molecule has 0 heterocycles. The lowest BCUT2D eigenvalue weighted by Crippen LogP contribution is -2.50. The van der Waals surface area contributed by atoms with Crippen LogP contribution in [0.5, 0.6) is 5.75 Å². The summed E-state index contributed by atoms with van der Waals surface area (Å²) in [5, 5.41) is 12.0. The van der Waals surface area contributed by atoms with Crippen molar-refractivity contribution in [2.45, 2.75) is 31.8 Å². The monoisotopic (exact) mass is 356 g/mol. The Bertz CT molecular complexity index is 716. The summed E-state index contributed by atoms with van der Waals surface area (Å²) in [7, 11) is 0. The zero-order chi connectivity index (χ0) is 18.9. The minimum absolute atomic E-state index is 0.135. The van der Waals surface area contributed by atoms with Crippen LogP contribution >= 0.6 is 0 Å². The first kappa shape index (κ1) is 19.5. The second-order valence-corrected chi connectivity index (χ2v) is 5.98. The molecular weight excluding hydrogens is 332 g/mol. The number of rotatable bonds is 8. The summed E-state index contributed by atoms with van der Waals surface area (Å²) in [6.07, 6.45) is 0.629. The summed E-state index contributed by atoms with van der Waals surface area (Å²) in [5.41, 5.74) is 7.72. The number of hydrogen-bond acceptors (Lipinski definition) is 5. The second-order valence-electron chi connectivity index (χ2n) is 5.98. The highest BCUT2D eigenvalue weighted by Gasteiger charge is 2.25. The molecule has 26 heavy (non-hydrogen) atoms. The van der Waals surface area contributed by atoms with Gasteiger partial charge in [-0.25, -0.2) is 4.79 Å². The van der Waals surface area contributed by atoms with Crippen molar-refractivity contribution in [1.82, 2.24) is 5.32 Å². The lowest BCUT2D eigenvalue weighted by Gasteiger charge is -2.20. The van der Waals surface area contributed by atoms with E-state index in [1.165, 1.54) is 12.1 Å². The topological polar surface area (TPSA) is 102 Å². The maximum Gasteiger partial charge on any atom is 0.328 e. The standard InChI is InChI=1S/C20H24N2O4/c1-2-26-20(25)18(13-15-8-10-16(23)11-9-15)22-19(24)17(21)12-14-6-4-3-5-7-14/h3-11,17-18,23H,2,12-13,21H2,1H3,(H,22,24)/t17-,18-/m0/s1. The van der Waals surface area contributed by atoms with Gasteiger partial charge in [-0.1, -0.05) is 42.5 Å². The van der Waals surface area contributed by atoms with Crippen LogP contribution in [-0.4, -0.2) is 35.7 Å². The lowest BCUT2D eigenvalue weighted by molar-refractivity contribution is -0.147. The van der Waals surface area contributed by atoms with Gasteiger partial charge in [-0.2, -0.15) is 0 Å². The minimum Gasteiger partial charge on any atom is -0.508 e. The van der Waals surface area contributed by atoms with Crippen molar-refractivity contribution >= 4 is 11.9 Å². The SMILES string of the molecule is CCOC(=O)[C@H](Cc1ccc(O)cc1)NC(=O)[C@@H](N)Cc1ccccc1. The van der Waals surface area contributed by atoms with Gasteiger partial charge >= 0.3 is 5.97 Å². The Morgan fingerprint density at radius 1 is 1.04 bits per heavy atom. The van der Waals surface area contributed by atoms with Gasteiger partial charge in [-0.3, -0.25) is 4.79 Å². The first-order valence-corrected chi connectivity index (χ1v) is 8.54. The lowest BCUT2D eigenvalue weighted by atomic mass is 10.0. The summed E-state index contributed by atoms with van der Waals surface area (Å²) in [4.78, 5) is 24.6. The van der Waals surface area contributed by atoms with Crippen molar-refractivity contribution in [2.24, 2.45) is 5.73 Å². The number of benzene rings is 2. The van der Waals surface area contributed by atoms with Gasteiger partial charge in [0.15, 0.2) is 0 Å². The van der Waals surface area contributed by atoms with E-state index >= 15 is 0 Å². The first-order valence-electron chi connectivity index (χ1n) is 8.54. The van der Waals surface area contributed by atoms with Crippen LogP contribution in [0.15, 0.2) is 54.6 Å². The number of nitrogens with two attached hydrogens (primary N) is 1. The summed E-state index contributed by atoms with van der Waals surface area (Å²) >= 11 is 0. The molecule has 0 aromatic heterocycles. The smallest absolute Gasteiger partial charge is 0.328 e. The molecule has 0 bridgehead atoms. The van der Waals surface area contributed by atoms with Crippen LogP contribution in [0.2, 0.25) is 0 Å². The van der Waals surface area contributed by atoms with E-state index in [9.17, 15) is 14.7 Å². The number of carbonyl (C=O) groups excluding carboxylic acids is 2. The number of phenolic OH excluding ortho intramolecular Hbond substituents is 1. The molecule has 6 nitrogen and oxygen atoms in total. The van der Waals surface area contributed by atoms with E-state index in [-0.39, 0.29) is 18.8 Å². The van der Waals surface area contributed by atoms with Crippen molar-refractivity contribution in [3.8, 4) is 5.75 Å². The Balaban J connectivity index is 2.03. The fourth-order valence-corrected chi connectivity index (χ4v) is 2.54. The molecule has 0 aliphatic heterocycles. The summed E-state index contributed by atoms with van der Waals surface area (Å²) in [6, 6.07) is 14.3. The molecule has 0 aliphatic rings. The molecule has 1 amide bonds. The van der Waals surface area contributed by atoms with Crippen LogP contribution in [0, 0.1) is 0 Å². The van der Waals surface area contributed by atoms with E-state index in [0.717, 1.165) is 11.1 Å². The van der Waals surface area contributed by atoms with Gasteiger partial charge < -0.3 is 20.9 Å². The number of amides is 1. The Hall–Kier alpha value is -2.86. The number of hydrogen-bond donors (Lipinski definition) is 3. The molecule has 138 valence electrons. The third kappa shape index (κ3) is 5.89. The molecular formula is C20H24N2O4. The minimum atomic E-state index is -0.839. The van der Waals surface area contributed by atoms with Crippen molar-refractivity contribution in [2.75, 3.05) is 6.61 Å². The van der Waals surface area contributed by atoms with Gasteiger partial charge in [0, 0.05) is 6.42 Å². The van der Waals surface area contributed by atoms with E-state index in [0.29, 0.717) is 6.42 Å². The number of esters is 1. The van der Waals surface area contributed by atoms with E-state index in [2.05, 4.69) is 5.32 Å². The average Bonchev–Trinajstić information content (AvgIpc) is 2.64. The molecule has 2 aromatic rings. The maximum absolute atomic E-state index is 12.4. The number of nitrogens with one attached hydrogen (secondary N) is 1. The number of aromatic hydroxyl groups is 1. The molecule has 2 atom stereocenters. The Morgan fingerprint density at radius 2 is 1.65 bits per heavy atom. The van der Waals surface area contributed by atoms with Crippen molar-refractivity contribution in [3.63, 3.8) is 0 Å². The number of carbonyl (C=O) groups is 2. The zero-order valence-electron chi connectivity index (χ0n) is 14.7. The predicted molar refractivity (Wildman–Crippen MR) is 98.5 cm³/mol. The number of ether oxygens (including phenoxy) is 1. The first-order chi connectivity index (χ1) is 12.5. The fourth-order valence-electron chi connectivity index (χ4n) is 2.54. The van der Waals surface area contributed by atoms with E-state index < -0.39 is 24.0 Å². The summed E-state index contributed by atoms with van der Waals surface area (Å²) in [6.45, 7) is 1.93. The molecule has 0 unspecified atom stereocenters. The van der Waals surface area contributed by atoms with Crippen LogP contribution in [0.3, 0.4) is 0 Å². The molecule has 0 saturated carbocycles.